The number of hydrogen-bond donors (Lipinski definition) is 2. The van der Waals surface area contributed by atoms with Crippen LogP contribution < -0.4 is 0 Å². The molecule has 0 saturated carbocycles. The van der Waals surface area contributed by atoms with Crippen molar-refractivity contribution in [2.75, 3.05) is 0 Å². The quantitative estimate of drug-likeness (QED) is 0.790. The normalized spacial score (nSPS) is 15.6. The highest BCUT2D eigenvalue weighted by atomic mass is 19.4. The molecule has 0 aliphatic carbocycles. The average Bonchev–Trinajstić information content (AvgIpc) is 2.47. The summed E-state index contributed by atoms with van der Waals surface area (Å²) in [4.78, 5) is 0. The maximum absolute atomic E-state index is 13.9. The van der Waals surface area contributed by atoms with Gasteiger partial charge in [0.1, 0.15) is 11.5 Å². The summed E-state index contributed by atoms with van der Waals surface area (Å²) in [5.41, 5.74) is -7.96. The molecular weight excluding hydrogens is 326 g/mol. The minimum Gasteiger partial charge on any atom is -0.508 e. The van der Waals surface area contributed by atoms with E-state index >= 15 is 0 Å². The molecule has 0 bridgehead atoms. The summed E-state index contributed by atoms with van der Waals surface area (Å²) in [6, 6.07) is -4.05. The second kappa shape index (κ2) is 5.36. The van der Waals surface area contributed by atoms with Gasteiger partial charge < -0.3 is 10.2 Å². The second-order valence-electron chi connectivity index (χ2n) is 4.51. The van der Waals surface area contributed by atoms with Crippen LogP contribution in [0.2, 0.25) is 0 Å². The zero-order chi connectivity index (χ0) is 20.9. The van der Waals surface area contributed by atoms with Crippen molar-refractivity contribution in [1.29, 1.82) is 0 Å². The summed E-state index contributed by atoms with van der Waals surface area (Å²) in [5.74, 6) is -2.21. The molecule has 2 aromatic rings. The standard InChI is InChI=1S/C15H10F6O2/c16-14(17,18)13(15(19,20)21,9-1-5-11(22)6-2-9)10-3-7-12(23)8-4-10/h1-8,22-23H/i5D,6D,7D,8D. The van der Waals surface area contributed by atoms with Gasteiger partial charge in [0.05, 0.1) is 5.48 Å². The first-order chi connectivity index (χ1) is 12.1. The van der Waals surface area contributed by atoms with Gasteiger partial charge in [0, 0.05) is 0 Å². The topological polar surface area (TPSA) is 40.5 Å². The predicted molar refractivity (Wildman–Crippen MR) is 69.1 cm³/mol. The number of halogens is 6. The van der Waals surface area contributed by atoms with Crippen LogP contribution in [-0.2, 0) is 5.41 Å². The molecule has 0 spiro atoms. The van der Waals surface area contributed by atoms with Gasteiger partial charge in [-0.1, -0.05) is 24.3 Å². The maximum Gasteiger partial charge on any atom is 0.411 e. The number of aromatic hydroxyl groups is 2. The third-order valence-corrected chi connectivity index (χ3v) is 3.17. The van der Waals surface area contributed by atoms with E-state index in [0.717, 1.165) is 0 Å². The molecule has 8 heteroatoms. The Bertz CT molecular complexity index is 775. The summed E-state index contributed by atoms with van der Waals surface area (Å²) in [6.45, 7) is 0. The van der Waals surface area contributed by atoms with Gasteiger partial charge in [-0.25, -0.2) is 0 Å². The van der Waals surface area contributed by atoms with Gasteiger partial charge in [-0.05, 0) is 35.3 Å². The number of phenols is 2. The fourth-order valence-corrected chi connectivity index (χ4v) is 2.17. The van der Waals surface area contributed by atoms with Crippen LogP contribution in [0.5, 0.6) is 11.5 Å². The monoisotopic (exact) mass is 340 g/mol. The summed E-state index contributed by atoms with van der Waals surface area (Å²) >= 11 is 0. The highest BCUT2D eigenvalue weighted by molar-refractivity contribution is 5.46. The molecule has 0 fully saturated rings. The van der Waals surface area contributed by atoms with E-state index in [1.807, 2.05) is 0 Å². The molecular formula is C15H10F6O2. The zero-order valence-corrected chi connectivity index (χ0v) is 11.0. The van der Waals surface area contributed by atoms with E-state index in [-0.39, 0.29) is 24.3 Å². The largest absolute Gasteiger partial charge is 0.508 e. The van der Waals surface area contributed by atoms with Crippen LogP contribution in [0.15, 0.2) is 48.4 Å². The average molecular weight is 340 g/mol. The fraction of sp³-hybridized carbons (Fsp3) is 0.200. The Kier molecular flexibility index (Phi) is 2.82. The Morgan fingerprint density at radius 2 is 0.913 bits per heavy atom. The van der Waals surface area contributed by atoms with E-state index < -0.39 is 64.6 Å². The van der Waals surface area contributed by atoms with E-state index in [2.05, 4.69) is 0 Å². The van der Waals surface area contributed by atoms with Gasteiger partial charge in [0.15, 0.2) is 0 Å². The molecule has 0 aliphatic heterocycles. The van der Waals surface area contributed by atoms with Crippen molar-refractivity contribution in [2.45, 2.75) is 17.8 Å². The van der Waals surface area contributed by atoms with Crippen molar-refractivity contribution >= 4 is 0 Å². The molecule has 2 nitrogen and oxygen atoms in total. The smallest absolute Gasteiger partial charge is 0.411 e. The van der Waals surface area contributed by atoms with Gasteiger partial charge in [0.25, 0.3) is 0 Å². The van der Waals surface area contributed by atoms with Crippen LogP contribution in [0, 0.1) is 0 Å². The number of hydrogen-bond acceptors (Lipinski definition) is 2. The summed E-state index contributed by atoms with van der Waals surface area (Å²) in [5, 5.41) is 18.7. The number of benzene rings is 2. The Balaban J connectivity index is 3.06. The van der Waals surface area contributed by atoms with Crippen LogP contribution in [0.4, 0.5) is 26.3 Å². The lowest BCUT2D eigenvalue weighted by Crippen LogP contribution is -2.54. The molecule has 0 atom stereocenters. The number of rotatable bonds is 2. The van der Waals surface area contributed by atoms with Crippen LogP contribution in [0.1, 0.15) is 16.6 Å². The predicted octanol–water partition coefficient (Wildman–Crippen LogP) is 4.51. The highest BCUT2D eigenvalue weighted by Crippen LogP contribution is 2.56. The Labute approximate surface area is 132 Å². The van der Waals surface area contributed by atoms with Gasteiger partial charge >= 0.3 is 12.4 Å². The van der Waals surface area contributed by atoms with Gasteiger partial charge in [-0.3, -0.25) is 0 Å². The Morgan fingerprint density at radius 1 is 0.652 bits per heavy atom. The molecule has 0 aliphatic rings. The molecule has 0 saturated heterocycles. The van der Waals surface area contributed by atoms with Crippen molar-refractivity contribution in [1.82, 2.24) is 0 Å². The molecule has 0 amide bonds. The van der Waals surface area contributed by atoms with Crippen molar-refractivity contribution in [3.8, 4) is 11.5 Å². The van der Waals surface area contributed by atoms with Crippen LogP contribution in [-0.4, -0.2) is 22.6 Å². The lowest BCUT2D eigenvalue weighted by atomic mass is 9.73. The molecule has 0 radical (unpaired) electrons. The summed E-state index contributed by atoms with van der Waals surface area (Å²) < 4.78 is 113. The maximum atomic E-state index is 13.9. The Morgan fingerprint density at radius 3 is 1.13 bits per heavy atom. The number of phenolic OH excluding ortho intramolecular Hbond substituents is 2. The fourth-order valence-electron chi connectivity index (χ4n) is 2.17. The van der Waals surface area contributed by atoms with Gasteiger partial charge in [-0.2, -0.15) is 26.3 Å². The van der Waals surface area contributed by atoms with Crippen molar-refractivity contribution < 1.29 is 42.0 Å². The molecule has 0 aromatic heterocycles. The minimum atomic E-state index is -6.06. The molecule has 0 unspecified atom stereocenters. The lowest BCUT2D eigenvalue weighted by Gasteiger charge is -2.38. The van der Waals surface area contributed by atoms with E-state index in [1.54, 1.807) is 0 Å². The zero-order valence-electron chi connectivity index (χ0n) is 15.0. The highest BCUT2D eigenvalue weighted by Gasteiger charge is 2.72. The first-order valence-corrected chi connectivity index (χ1v) is 5.89. The van der Waals surface area contributed by atoms with Crippen molar-refractivity contribution in [3.05, 3.63) is 59.6 Å². The van der Waals surface area contributed by atoms with Crippen LogP contribution in [0.25, 0.3) is 0 Å². The minimum absolute atomic E-state index is 0.119. The third kappa shape index (κ3) is 2.69. The first-order valence-electron chi connectivity index (χ1n) is 7.89. The SMILES string of the molecule is [2H]c1cc(C(c2cc([2H])c(O)c([2H])c2)(C(F)(F)F)C(F)(F)F)cc([2H])c1O. The van der Waals surface area contributed by atoms with Gasteiger partial charge in [0.2, 0.25) is 5.41 Å². The summed E-state index contributed by atoms with van der Waals surface area (Å²) in [7, 11) is 0. The van der Waals surface area contributed by atoms with E-state index in [0.29, 0.717) is 0 Å². The Hall–Kier alpha value is -2.38. The van der Waals surface area contributed by atoms with E-state index in [1.165, 1.54) is 0 Å². The van der Waals surface area contributed by atoms with Gasteiger partial charge in [-0.15, -0.1) is 0 Å². The summed E-state index contributed by atoms with van der Waals surface area (Å²) in [6.07, 6.45) is -12.1. The van der Waals surface area contributed by atoms with Crippen LogP contribution in [0.3, 0.4) is 0 Å². The molecule has 2 aromatic carbocycles. The van der Waals surface area contributed by atoms with Crippen molar-refractivity contribution in [2.24, 2.45) is 0 Å². The molecule has 23 heavy (non-hydrogen) atoms. The first kappa shape index (κ1) is 12.1. The molecule has 2 rings (SSSR count). The van der Waals surface area contributed by atoms with E-state index in [9.17, 15) is 36.6 Å². The molecule has 2 N–H and O–H groups in total. The molecule has 124 valence electrons. The lowest BCUT2D eigenvalue weighted by molar-refractivity contribution is -0.288. The van der Waals surface area contributed by atoms with Crippen LogP contribution >= 0.6 is 0 Å². The van der Waals surface area contributed by atoms with Crippen molar-refractivity contribution in [3.63, 3.8) is 0 Å². The second-order valence-corrected chi connectivity index (χ2v) is 4.51. The number of alkyl halides is 6. The molecule has 0 heterocycles. The van der Waals surface area contributed by atoms with E-state index in [4.69, 9.17) is 5.48 Å². The third-order valence-electron chi connectivity index (χ3n) is 3.17.